The highest BCUT2D eigenvalue weighted by Crippen LogP contribution is 2.52. The summed E-state index contributed by atoms with van der Waals surface area (Å²) in [6.07, 6.45) is 0.980. The summed E-state index contributed by atoms with van der Waals surface area (Å²) in [5, 5.41) is 0. The number of alkyl halides is 1. The van der Waals surface area contributed by atoms with E-state index < -0.39 is 11.6 Å². The van der Waals surface area contributed by atoms with Crippen LogP contribution in [-0.2, 0) is 19.7 Å². The van der Waals surface area contributed by atoms with E-state index in [0.29, 0.717) is 12.3 Å². The highest BCUT2D eigenvalue weighted by molar-refractivity contribution is 6.17. The number of esters is 1. The second kappa shape index (κ2) is 10.9. The zero-order valence-electron chi connectivity index (χ0n) is 19.4. The summed E-state index contributed by atoms with van der Waals surface area (Å²) >= 11 is 5.87. The molecule has 2 aromatic rings. The van der Waals surface area contributed by atoms with E-state index in [0.717, 1.165) is 56.0 Å². The molecule has 1 aliphatic heterocycles. The first-order valence-electron chi connectivity index (χ1n) is 11.6. The molecule has 0 amide bonds. The minimum atomic E-state index is -0.782. The maximum atomic E-state index is 13.7. The fourth-order valence-corrected chi connectivity index (χ4v) is 4.84. The molecule has 1 unspecified atom stereocenters. The van der Waals surface area contributed by atoms with E-state index >= 15 is 0 Å². The zero-order valence-corrected chi connectivity index (χ0v) is 20.2. The van der Waals surface area contributed by atoms with Gasteiger partial charge in [-0.2, -0.15) is 0 Å². The van der Waals surface area contributed by atoms with Crippen molar-refractivity contribution < 1.29 is 19.0 Å². The van der Waals surface area contributed by atoms with Gasteiger partial charge in [0, 0.05) is 44.7 Å². The Morgan fingerprint density at radius 1 is 1.06 bits per heavy atom. The first-order chi connectivity index (χ1) is 16.1. The molecule has 1 heterocycles. The number of rotatable bonds is 10. The van der Waals surface area contributed by atoms with Gasteiger partial charge in [-0.15, -0.1) is 11.6 Å². The van der Waals surface area contributed by atoms with Gasteiger partial charge in [-0.05, 0) is 37.1 Å². The summed E-state index contributed by atoms with van der Waals surface area (Å²) in [4.78, 5) is 18.4. The molecule has 178 valence electrons. The average molecular weight is 473 g/mol. The topological polar surface area (TPSA) is 51.2 Å². The molecule has 1 saturated carbocycles. The Hall–Kier alpha value is -2.12. The van der Waals surface area contributed by atoms with Gasteiger partial charge in [0.1, 0.15) is 11.2 Å². The van der Waals surface area contributed by atoms with Crippen LogP contribution in [0.4, 0.5) is 0 Å². The van der Waals surface area contributed by atoms with Crippen LogP contribution >= 0.6 is 11.6 Å². The molecule has 4 rings (SSSR count). The highest BCUT2D eigenvalue weighted by Gasteiger charge is 2.64. The van der Waals surface area contributed by atoms with Gasteiger partial charge in [-0.1, -0.05) is 42.5 Å². The van der Waals surface area contributed by atoms with E-state index in [1.165, 1.54) is 0 Å². The molecule has 3 atom stereocenters. The van der Waals surface area contributed by atoms with Crippen LogP contribution in [0.15, 0.2) is 54.6 Å². The maximum absolute atomic E-state index is 13.7. The lowest BCUT2D eigenvalue weighted by Crippen LogP contribution is -2.49. The number of hydrogen-bond acceptors (Lipinski definition) is 6. The Kier molecular flexibility index (Phi) is 7.91. The van der Waals surface area contributed by atoms with Crippen molar-refractivity contribution in [3.8, 4) is 5.75 Å². The smallest absolute Gasteiger partial charge is 0.321 e. The number of halogens is 1. The number of piperazine rings is 1. The normalized spacial score (nSPS) is 24.3. The number of carbonyl (C=O) groups excluding carboxylic acids is 1. The Bertz CT molecular complexity index is 902. The van der Waals surface area contributed by atoms with Gasteiger partial charge in [-0.25, -0.2) is 0 Å². The molecule has 33 heavy (non-hydrogen) atoms. The molecule has 0 aromatic heterocycles. The first-order valence-corrected chi connectivity index (χ1v) is 12.1. The van der Waals surface area contributed by atoms with Gasteiger partial charge >= 0.3 is 5.97 Å². The molecule has 0 spiro atoms. The van der Waals surface area contributed by atoms with E-state index in [9.17, 15) is 4.79 Å². The number of carbonyl (C=O) groups is 1. The van der Waals surface area contributed by atoms with E-state index in [1.807, 2.05) is 54.6 Å². The predicted octanol–water partition coefficient (Wildman–Crippen LogP) is 3.84. The second-order valence-electron chi connectivity index (χ2n) is 8.72. The summed E-state index contributed by atoms with van der Waals surface area (Å²) in [6, 6.07) is 17.6. The summed E-state index contributed by atoms with van der Waals surface area (Å²) in [7, 11) is 3.28. The van der Waals surface area contributed by atoms with Crippen LogP contribution in [0.2, 0.25) is 0 Å². The quantitative estimate of drug-likeness (QED) is 0.387. The van der Waals surface area contributed by atoms with E-state index in [-0.39, 0.29) is 12.1 Å². The summed E-state index contributed by atoms with van der Waals surface area (Å²) < 4.78 is 17.2. The Morgan fingerprint density at radius 2 is 1.76 bits per heavy atom. The van der Waals surface area contributed by atoms with Gasteiger partial charge in [0.2, 0.25) is 0 Å². The Morgan fingerprint density at radius 3 is 2.33 bits per heavy atom. The lowest BCUT2D eigenvalue weighted by molar-refractivity contribution is -0.166. The molecule has 0 N–H and O–H groups in total. The third kappa shape index (κ3) is 5.19. The lowest BCUT2D eigenvalue weighted by Gasteiger charge is -2.39. The molecule has 0 bridgehead atoms. The standard InChI is InChI=1S/C26H33ClN2O4/c1-31-22-11-9-21(10-12-22)26(19-23(26)32-2)25(30)33-24(20-7-4-3-5-8-20)29-17-15-28(16-18-29)14-6-13-27/h3-5,7-12,23-24H,6,13-19H2,1-2H3/t23-,24?,26-/m1/s1. The largest absolute Gasteiger partial charge is 0.497 e. The monoisotopic (exact) mass is 472 g/mol. The van der Waals surface area contributed by atoms with Crippen molar-refractivity contribution in [3.63, 3.8) is 0 Å². The first kappa shape index (κ1) is 24.0. The minimum Gasteiger partial charge on any atom is -0.497 e. The third-order valence-electron chi connectivity index (χ3n) is 6.80. The van der Waals surface area contributed by atoms with Crippen molar-refractivity contribution >= 4 is 17.6 Å². The molecule has 6 nitrogen and oxygen atoms in total. The minimum absolute atomic E-state index is 0.192. The average Bonchev–Trinajstić information content (AvgIpc) is 3.63. The van der Waals surface area contributed by atoms with Crippen molar-refractivity contribution in [2.24, 2.45) is 0 Å². The van der Waals surface area contributed by atoms with Crippen LogP contribution in [0.1, 0.15) is 30.2 Å². The lowest BCUT2D eigenvalue weighted by atomic mass is 9.95. The van der Waals surface area contributed by atoms with Gasteiger partial charge in [0.25, 0.3) is 0 Å². The third-order valence-corrected chi connectivity index (χ3v) is 7.07. The number of methoxy groups -OCH3 is 2. The summed E-state index contributed by atoms with van der Waals surface area (Å²) in [6.45, 7) is 4.53. The van der Waals surface area contributed by atoms with Crippen LogP contribution in [0.25, 0.3) is 0 Å². The highest BCUT2D eigenvalue weighted by atomic mass is 35.5. The second-order valence-corrected chi connectivity index (χ2v) is 9.09. The van der Waals surface area contributed by atoms with E-state index in [1.54, 1.807) is 14.2 Å². The van der Waals surface area contributed by atoms with Crippen molar-refractivity contribution in [1.82, 2.24) is 9.80 Å². The van der Waals surface area contributed by atoms with Crippen molar-refractivity contribution in [1.29, 1.82) is 0 Å². The molecule has 2 fully saturated rings. The van der Waals surface area contributed by atoms with E-state index in [2.05, 4.69) is 9.80 Å². The van der Waals surface area contributed by atoms with Crippen LogP contribution in [0.3, 0.4) is 0 Å². The Labute approximate surface area is 201 Å². The van der Waals surface area contributed by atoms with Crippen LogP contribution in [-0.4, -0.2) is 74.7 Å². The molecule has 2 aromatic carbocycles. The van der Waals surface area contributed by atoms with Gasteiger partial charge in [0.05, 0.1) is 13.2 Å². The van der Waals surface area contributed by atoms with Crippen LogP contribution in [0, 0.1) is 0 Å². The summed E-state index contributed by atoms with van der Waals surface area (Å²) in [5.41, 5.74) is 1.10. The summed E-state index contributed by atoms with van der Waals surface area (Å²) in [5.74, 6) is 1.20. The fourth-order valence-electron chi connectivity index (χ4n) is 4.73. The fraction of sp³-hybridized carbons (Fsp3) is 0.500. The van der Waals surface area contributed by atoms with Gasteiger partial charge < -0.3 is 19.1 Å². The number of hydrogen-bond donors (Lipinski definition) is 0. The van der Waals surface area contributed by atoms with E-state index in [4.69, 9.17) is 25.8 Å². The molecular formula is C26H33ClN2O4. The molecule has 2 aliphatic rings. The molecular weight excluding hydrogens is 440 g/mol. The number of nitrogens with zero attached hydrogens (tertiary/aromatic N) is 2. The van der Waals surface area contributed by atoms with Gasteiger partial charge in [-0.3, -0.25) is 9.69 Å². The molecule has 1 saturated heterocycles. The Balaban J connectivity index is 1.53. The molecule has 7 heteroatoms. The van der Waals surface area contributed by atoms with Crippen molar-refractivity contribution in [3.05, 3.63) is 65.7 Å². The zero-order chi connectivity index (χ0) is 23.3. The SMILES string of the molecule is COc1ccc([C@]2(C(=O)OC(c3ccccc3)N3CCN(CCCCl)CC3)C[C@H]2OC)cc1. The maximum Gasteiger partial charge on any atom is 0.321 e. The van der Waals surface area contributed by atoms with Gasteiger partial charge in [0.15, 0.2) is 6.23 Å². The number of benzene rings is 2. The van der Waals surface area contributed by atoms with Crippen LogP contribution < -0.4 is 4.74 Å². The predicted molar refractivity (Wildman–Crippen MR) is 129 cm³/mol. The van der Waals surface area contributed by atoms with Crippen LogP contribution in [0.5, 0.6) is 5.75 Å². The molecule has 0 radical (unpaired) electrons. The number of ether oxygens (including phenoxy) is 3. The van der Waals surface area contributed by atoms with Crippen molar-refractivity contribution in [2.45, 2.75) is 30.6 Å². The molecule has 1 aliphatic carbocycles. The van der Waals surface area contributed by atoms with Crippen molar-refractivity contribution in [2.75, 3.05) is 52.8 Å².